The number of carbonyl (C=O) groups excluding carboxylic acids is 1. The average Bonchev–Trinajstić information content (AvgIpc) is 2.91. The van der Waals surface area contributed by atoms with Crippen molar-refractivity contribution in [2.45, 2.75) is 6.42 Å². The molecule has 21 heavy (non-hydrogen) atoms. The number of amides is 2. The van der Waals surface area contributed by atoms with Gasteiger partial charge in [-0.2, -0.15) is 0 Å². The number of aromatic carboxylic acids is 1. The Bertz CT molecular complexity index is 644. The highest BCUT2D eigenvalue weighted by Gasteiger charge is 2.12. The number of carboxylic acid groups (broad SMARTS) is 1. The number of carboxylic acids is 1. The van der Waals surface area contributed by atoms with Crippen molar-refractivity contribution in [2.24, 2.45) is 0 Å². The second-order valence-electron chi connectivity index (χ2n) is 4.21. The number of rotatable bonds is 5. The van der Waals surface area contributed by atoms with Gasteiger partial charge >= 0.3 is 12.0 Å². The molecule has 2 rings (SSSR count). The molecule has 1 aromatic carbocycles. The van der Waals surface area contributed by atoms with Gasteiger partial charge in [-0.05, 0) is 36.1 Å². The molecule has 7 heteroatoms. The monoisotopic (exact) mass is 324 g/mol. The third-order valence-corrected chi connectivity index (χ3v) is 3.87. The van der Waals surface area contributed by atoms with Crippen LogP contribution in [0.15, 0.2) is 35.7 Å². The van der Waals surface area contributed by atoms with Gasteiger partial charge in [-0.15, -0.1) is 11.3 Å². The van der Waals surface area contributed by atoms with Crippen LogP contribution < -0.4 is 10.6 Å². The van der Waals surface area contributed by atoms with E-state index in [1.54, 1.807) is 11.3 Å². The lowest BCUT2D eigenvalue weighted by molar-refractivity contribution is 0.0698. The Morgan fingerprint density at radius 1 is 1.29 bits per heavy atom. The van der Waals surface area contributed by atoms with Gasteiger partial charge in [0, 0.05) is 16.4 Å². The first-order valence-corrected chi connectivity index (χ1v) is 7.42. The van der Waals surface area contributed by atoms with Crippen LogP contribution in [0.1, 0.15) is 15.2 Å². The summed E-state index contributed by atoms with van der Waals surface area (Å²) in [7, 11) is 0. The Labute approximate surface area is 130 Å². The number of hydrogen-bond donors (Lipinski definition) is 3. The lowest BCUT2D eigenvalue weighted by atomic mass is 10.2. The molecular weight excluding hydrogens is 312 g/mol. The van der Waals surface area contributed by atoms with E-state index >= 15 is 0 Å². The number of urea groups is 1. The third kappa shape index (κ3) is 4.47. The maximum atomic E-state index is 11.8. The van der Waals surface area contributed by atoms with Crippen molar-refractivity contribution in [3.05, 3.63) is 51.2 Å². The second-order valence-corrected chi connectivity index (χ2v) is 5.67. The predicted octanol–water partition coefficient (Wildman–Crippen LogP) is 3.46. The SMILES string of the molecule is O=C(NCCc1cccs1)Nc1cc(Cl)ccc1C(=O)O. The maximum absolute atomic E-state index is 11.8. The molecule has 0 aliphatic carbocycles. The van der Waals surface area contributed by atoms with E-state index in [0.717, 1.165) is 6.42 Å². The van der Waals surface area contributed by atoms with Crippen LogP contribution in [0.5, 0.6) is 0 Å². The van der Waals surface area contributed by atoms with Gasteiger partial charge in [0.15, 0.2) is 0 Å². The van der Waals surface area contributed by atoms with E-state index in [9.17, 15) is 9.59 Å². The zero-order valence-electron chi connectivity index (χ0n) is 10.9. The van der Waals surface area contributed by atoms with E-state index in [1.807, 2.05) is 17.5 Å². The van der Waals surface area contributed by atoms with Gasteiger partial charge in [-0.3, -0.25) is 0 Å². The summed E-state index contributed by atoms with van der Waals surface area (Å²) in [6, 6.07) is 7.70. The lowest BCUT2D eigenvalue weighted by Gasteiger charge is -2.10. The molecule has 0 spiro atoms. The molecule has 1 heterocycles. The number of hydrogen-bond acceptors (Lipinski definition) is 3. The first kappa shape index (κ1) is 15.3. The molecule has 0 unspecified atom stereocenters. The molecule has 0 atom stereocenters. The fraction of sp³-hybridized carbons (Fsp3) is 0.143. The van der Waals surface area contributed by atoms with Crippen molar-refractivity contribution < 1.29 is 14.7 Å². The zero-order chi connectivity index (χ0) is 15.2. The number of nitrogens with one attached hydrogen (secondary N) is 2. The van der Waals surface area contributed by atoms with Crippen LogP contribution in [-0.4, -0.2) is 23.7 Å². The third-order valence-electron chi connectivity index (χ3n) is 2.70. The molecule has 110 valence electrons. The molecule has 0 aliphatic rings. The Morgan fingerprint density at radius 3 is 2.76 bits per heavy atom. The molecule has 2 amide bonds. The molecule has 0 aliphatic heterocycles. The standard InChI is InChI=1S/C14H13ClN2O3S/c15-9-3-4-11(13(18)19)12(8-9)17-14(20)16-6-5-10-2-1-7-21-10/h1-4,7-8H,5-6H2,(H,18,19)(H2,16,17,20). The second kappa shape index (κ2) is 7.10. The minimum Gasteiger partial charge on any atom is -0.478 e. The molecule has 0 saturated heterocycles. The zero-order valence-corrected chi connectivity index (χ0v) is 12.5. The molecule has 0 radical (unpaired) electrons. The van der Waals surface area contributed by atoms with Gasteiger partial charge < -0.3 is 15.7 Å². The fourth-order valence-corrected chi connectivity index (χ4v) is 2.61. The van der Waals surface area contributed by atoms with Crippen molar-refractivity contribution in [3.8, 4) is 0 Å². The topological polar surface area (TPSA) is 78.4 Å². The van der Waals surface area contributed by atoms with Gasteiger partial charge in [0.25, 0.3) is 0 Å². The summed E-state index contributed by atoms with van der Waals surface area (Å²) in [5.74, 6) is -1.12. The Balaban J connectivity index is 1.93. The first-order chi connectivity index (χ1) is 10.1. The van der Waals surface area contributed by atoms with Gasteiger partial charge in [0.1, 0.15) is 0 Å². The normalized spacial score (nSPS) is 10.1. The Morgan fingerprint density at radius 2 is 2.10 bits per heavy atom. The van der Waals surface area contributed by atoms with Gasteiger partial charge in [0.05, 0.1) is 11.3 Å². The summed E-state index contributed by atoms with van der Waals surface area (Å²) in [5.41, 5.74) is 0.163. The van der Waals surface area contributed by atoms with Crippen molar-refractivity contribution in [3.63, 3.8) is 0 Å². The maximum Gasteiger partial charge on any atom is 0.337 e. The smallest absolute Gasteiger partial charge is 0.337 e. The number of carbonyl (C=O) groups is 2. The largest absolute Gasteiger partial charge is 0.478 e. The Kier molecular flexibility index (Phi) is 5.19. The molecule has 5 nitrogen and oxygen atoms in total. The van der Waals surface area contributed by atoms with Crippen molar-refractivity contribution in [2.75, 3.05) is 11.9 Å². The summed E-state index contributed by atoms with van der Waals surface area (Å²) in [6.45, 7) is 0.468. The van der Waals surface area contributed by atoms with E-state index < -0.39 is 12.0 Å². The van der Waals surface area contributed by atoms with E-state index in [1.165, 1.54) is 23.1 Å². The van der Waals surface area contributed by atoms with Crippen LogP contribution in [0.25, 0.3) is 0 Å². The summed E-state index contributed by atoms with van der Waals surface area (Å²) < 4.78 is 0. The lowest BCUT2D eigenvalue weighted by Crippen LogP contribution is -2.30. The summed E-state index contributed by atoms with van der Waals surface area (Å²) in [5, 5.41) is 16.6. The number of anilines is 1. The number of benzene rings is 1. The highest BCUT2D eigenvalue weighted by molar-refractivity contribution is 7.09. The quantitative estimate of drug-likeness (QED) is 0.788. The molecule has 1 aromatic heterocycles. The summed E-state index contributed by atoms with van der Waals surface area (Å²) >= 11 is 7.43. The number of halogens is 1. The number of thiophene rings is 1. The van der Waals surface area contributed by atoms with E-state index in [4.69, 9.17) is 16.7 Å². The van der Waals surface area contributed by atoms with Gasteiger partial charge in [-0.1, -0.05) is 17.7 Å². The van der Waals surface area contributed by atoms with Gasteiger partial charge in [-0.25, -0.2) is 9.59 Å². The molecule has 3 N–H and O–H groups in total. The van der Waals surface area contributed by atoms with E-state index in [0.29, 0.717) is 11.6 Å². The van der Waals surface area contributed by atoms with Crippen LogP contribution in [0.3, 0.4) is 0 Å². The minimum atomic E-state index is -1.12. The molecular formula is C14H13ClN2O3S. The Hall–Kier alpha value is -2.05. The summed E-state index contributed by atoms with van der Waals surface area (Å²) in [4.78, 5) is 24.0. The van der Waals surface area contributed by atoms with Crippen molar-refractivity contribution in [1.82, 2.24) is 5.32 Å². The van der Waals surface area contributed by atoms with E-state index in [2.05, 4.69) is 10.6 Å². The highest BCUT2D eigenvalue weighted by atomic mass is 35.5. The molecule has 0 bridgehead atoms. The predicted molar refractivity (Wildman–Crippen MR) is 83.5 cm³/mol. The summed E-state index contributed by atoms with van der Waals surface area (Å²) in [6.07, 6.45) is 0.729. The van der Waals surface area contributed by atoms with E-state index in [-0.39, 0.29) is 11.3 Å². The van der Waals surface area contributed by atoms with Crippen LogP contribution in [0.2, 0.25) is 5.02 Å². The molecule has 0 fully saturated rings. The average molecular weight is 325 g/mol. The van der Waals surface area contributed by atoms with Crippen LogP contribution in [0, 0.1) is 0 Å². The molecule has 2 aromatic rings. The molecule has 0 saturated carbocycles. The van der Waals surface area contributed by atoms with Crippen LogP contribution in [0.4, 0.5) is 10.5 Å². The highest BCUT2D eigenvalue weighted by Crippen LogP contribution is 2.21. The van der Waals surface area contributed by atoms with Crippen LogP contribution >= 0.6 is 22.9 Å². The van der Waals surface area contributed by atoms with Gasteiger partial charge in [0.2, 0.25) is 0 Å². The fourth-order valence-electron chi connectivity index (χ4n) is 1.73. The van der Waals surface area contributed by atoms with Crippen molar-refractivity contribution in [1.29, 1.82) is 0 Å². The minimum absolute atomic E-state index is 0.00666. The first-order valence-electron chi connectivity index (χ1n) is 6.16. The van der Waals surface area contributed by atoms with Crippen molar-refractivity contribution >= 4 is 40.6 Å². The van der Waals surface area contributed by atoms with Crippen LogP contribution in [-0.2, 0) is 6.42 Å².